The van der Waals surface area contributed by atoms with E-state index in [4.69, 9.17) is 4.74 Å². The topological polar surface area (TPSA) is 60.2 Å². The van der Waals surface area contributed by atoms with Crippen molar-refractivity contribution in [3.05, 3.63) is 65.0 Å². The summed E-state index contributed by atoms with van der Waals surface area (Å²) >= 11 is 0. The number of aliphatic hydroxyl groups excluding tert-OH is 1. The summed E-state index contributed by atoms with van der Waals surface area (Å²) in [4.78, 5) is 0. The Kier molecular flexibility index (Phi) is 5.27. The fourth-order valence-corrected chi connectivity index (χ4v) is 2.89. The van der Waals surface area contributed by atoms with Crippen molar-refractivity contribution in [2.45, 2.75) is 33.6 Å². The normalized spacial score (nSPS) is 11.6. The molecule has 0 spiro atoms. The lowest BCUT2D eigenvalue weighted by Gasteiger charge is -2.10. The van der Waals surface area contributed by atoms with Crippen molar-refractivity contribution in [2.75, 3.05) is 0 Å². The Labute approximate surface area is 149 Å². The van der Waals surface area contributed by atoms with Gasteiger partial charge in [0.25, 0.3) is 5.88 Å². The first-order valence-electron chi connectivity index (χ1n) is 8.18. The van der Waals surface area contributed by atoms with Crippen LogP contribution >= 0.6 is 0 Å². The van der Waals surface area contributed by atoms with Gasteiger partial charge < -0.3 is 14.4 Å². The molecule has 0 saturated heterocycles. The van der Waals surface area contributed by atoms with Gasteiger partial charge in [-0.1, -0.05) is 12.2 Å². The number of rotatable bonds is 6. The fourth-order valence-electron chi connectivity index (χ4n) is 2.89. The molecule has 26 heavy (non-hydrogen) atoms. The van der Waals surface area contributed by atoms with E-state index in [2.05, 4.69) is 10.2 Å². The number of hydrogen-bond donors (Lipinski definition) is 1. The van der Waals surface area contributed by atoms with Gasteiger partial charge in [-0.3, -0.25) is 0 Å². The van der Waals surface area contributed by atoms with Crippen molar-refractivity contribution in [3.8, 4) is 5.88 Å². The quantitative estimate of drug-likeness (QED) is 0.682. The molecule has 7 heteroatoms. The maximum Gasteiger partial charge on any atom is 0.258 e. The van der Waals surface area contributed by atoms with Gasteiger partial charge >= 0.3 is 0 Å². The van der Waals surface area contributed by atoms with Crippen molar-refractivity contribution in [3.63, 3.8) is 0 Å². The number of hydrogen-bond acceptors (Lipinski definition) is 4. The molecule has 0 saturated carbocycles. The molecule has 0 fully saturated rings. The first-order valence-corrected chi connectivity index (χ1v) is 8.18. The summed E-state index contributed by atoms with van der Waals surface area (Å²) in [6.45, 7) is 4.15. The standard InChI is InChI=1S/C19H19F2N3O2/c1-3-4-7-24-12(2)16(10-25)15-9-22-23-19(18(15)24)26-11-13-5-6-14(20)8-17(13)21/h3-6,8-9,25H,7,10-11H2,1-2H3. The minimum absolute atomic E-state index is 0.109. The molecule has 1 aromatic carbocycles. The van der Waals surface area contributed by atoms with Crippen molar-refractivity contribution in [1.82, 2.24) is 14.8 Å². The second kappa shape index (κ2) is 7.61. The summed E-state index contributed by atoms with van der Waals surface area (Å²) in [5, 5.41) is 18.4. The zero-order valence-electron chi connectivity index (χ0n) is 14.5. The molecule has 0 aliphatic carbocycles. The van der Waals surface area contributed by atoms with Gasteiger partial charge in [0.2, 0.25) is 0 Å². The van der Waals surface area contributed by atoms with Crippen LogP contribution in [0.2, 0.25) is 0 Å². The number of aliphatic hydroxyl groups is 1. The lowest BCUT2D eigenvalue weighted by molar-refractivity contribution is 0.282. The maximum atomic E-state index is 13.8. The zero-order chi connectivity index (χ0) is 18.7. The van der Waals surface area contributed by atoms with Crippen molar-refractivity contribution >= 4 is 10.9 Å². The summed E-state index contributed by atoms with van der Waals surface area (Å²) in [5.41, 5.74) is 2.53. The number of nitrogens with zero attached hydrogens (tertiary/aromatic N) is 3. The van der Waals surface area contributed by atoms with E-state index in [1.54, 1.807) is 6.20 Å². The third-order valence-corrected chi connectivity index (χ3v) is 4.29. The van der Waals surface area contributed by atoms with Crippen molar-refractivity contribution in [1.29, 1.82) is 0 Å². The van der Waals surface area contributed by atoms with E-state index in [1.165, 1.54) is 12.1 Å². The Morgan fingerprint density at radius 1 is 1.31 bits per heavy atom. The minimum Gasteiger partial charge on any atom is -0.470 e. The van der Waals surface area contributed by atoms with Gasteiger partial charge in [-0.05, 0) is 26.0 Å². The minimum atomic E-state index is -0.679. The van der Waals surface area contributed by atoms with E-state index in [-0.39, 0.29) is 24.7 Å². The summed E-state index contributed by atoms with van der Waals surface area (Å²) in [6, 6.07) is 3.33. The average molecular weight is 359 g/mol. The Balaban J connectivity index is 2.02. The Morgan fingerprint density at radius 3 is 2.81 bits per heavy atom. The molecule has 136 valence electrons. The second-order valence-corrected chi connectivity index (χ2v) is 5.84. The highest BCUT2D eigenvalue weighted by atomic mass is 19.1. The molecule has 0 unspecified atom stereocenters. The predicted octanol–water partition coefficient (Wildman–Crippen LogP) is 3.67. The van der Waals surface area contributed by atoms with Crippen LogP contribution in [0.1, 0.15) is 23.7 Å². The van der Waals surface area contributed by atoms with Crippen LogP contribution in [0.5, 0.6) is 5.88 Å². The van der Waals surface area contributed by atoms with Gasteiger partial charge in [0.15, 0.2) is 0 Å². The smallest absolute Gasteiger partial charge is 0.258 e. The molecular weight excluding hydrogens is 340 g/mol. The Bertz CT molecular complexity index is 967. The lowest BCUT2D eigenvalue weighted by atomic mass is 10.2. The van der Waals surface area contributed by atoms with E-state index in [0.717, 1.165) is 22.7 Å². The van der Waals surface area contributed by atoms with Gasteiger partial charge in [0, 0.05) is 34.8 Å². The molecule has 3 rings (SSSR count). The van der Waals surface area contributed by atoms with E-state index < -0.39 is 11.6 Å². The average Bonchev–Trinajstić information content (AvgIpc) is 2.90. The zero-order valence-corrected chi connectivity index (χ0v) is 14.5. The molecule has 5 nitrogen and oxygen atoms in total. The second-order valence-electron chi connectivity index (χ2n) is 5.84. The number of ether oxygens (including phenoxy) is 1. The van der Waals surface area contributed by atoms with Crippen molar-refractivity contribution in [2.24, 2.45) is 0 Å². The van der Waals surface area contributed by atoms with Gasteiger partial charge in [-0.25, -0.2) is 8.78 Å². The van der Waals surface area contributed by atoms with E-state index >= 15 is 0 Å². The Hall–Kier alpha value is -2.80. The number of benzene rings is 1. The fraction of sp³-hybridized carbons (Fsp3) is 0.263. The maximum absolute atomic E-state index is 13.8. The number of aromatic nitrogens is 3. The third kappa shape index (κ3) is 3.30. The lowest BCUT2D eigenvalue weighted by Crippen LogP contribution is -2.05. The van der Waals surface area contributed by atoms with E-state index in [1.807, 2.05) is 30.6 Å². The molecule has 0 radical (unpaired) electrons. The first kappa shape index (κ1) is 18.0. The van der Waals surface area contributed by atoms with Crippen LogP contribution in [-0.2, 0) is 19.8 Å². The SMILES string of the molecule is CC=CCn1c(C)c(CO)c2cnnc(OCc3ccc(F)cc3F)c21. The van der Waals surface area contributed by atoms with Gasteiger partial charge in [-0.2, -0.15) is 5.10 Å². The summed E-state index contributed by atoms with van der Waals surface area (Å²) < 4.78 is 34.5. The molecule has 2 aromatic heterocycles. The third-order valence-electron chi connectivity index (χ3n) is 4.29. The van der Waals surface area contributed by atoms with E-state index in [0.29, 0.717) is 12.1 Å². The highest BCUT2D eigenvalue weighted by Crippen LogP contribution is 2.31. The molecule has 0 aliphatic rings. The van der Waals surface area contributed by atoms with Gasteiger partial charge in [-0.15, -0.1) is 5.10 Å². The van der Waals surface area contributed by atoms with Crippen LogP contribution in [0.3, 0.4) is 0 Å². The van der Waals surface area contributed by atoms with Crippen LogP contribution in [-0.4, -0.2) is 19.9 Å². The van der Waals surface area contributed by atoms with Crippen LogP contribution < -0.4 is 4.74 Å². The number of allylic oxidation sites excluding steroid dienone is 2. The molecule has 1 N–H and O–H groups in total. The summed E-state index contributed by atoms with van der Waals surface area (Å²) in [7, 11) is 0. The van der Waals surface area contributed by atoms with E-state index in [9.17, 15) is 13.9 Å². The molecule has 2 heterocycles. The molecular formula is C19H19F2N3O2. The van der Waals surface area contributed by atoms with Crippen LogP contribution in [0.4, 0.5) is 8.78 Å². The summed E-state index contributed by atoms with van der Waals surface area (Å²) in [6.07, 6.45) is 5.47. The van der Waals surface area contributed by atoms with Crippen molar-refractivity contribution < 1.29 is 18.6 Å². The summed E-state index contributed by atoms with van der Waals surface area (Å²) in [5.74, 6) is -1.09. The molecule has 0 aliphatic heterocycles. The number of fused-ring (bicyclic) bond motifs is 1. The Morgan fingerprint density at radius 2 is 2.12 bits per heavy atom. The first-order chi connectivity index (χ1) is 12.6. The highest BCUT2D eigenvalue weighted by molar-refractivity contribution is 5.88. The largest absolute Gasteiger partial charge is 0.470 e. The highest BCUT2D eigenvalue weighted by Gasteiger charge is 2.18. The van der Waals surface area contributed by atoms with Gasteiger partial charge in [0.05, 0.1) is 12.8 Å². The molecule has 0 bridgehead atoms. The van der Waals surface area contributed by atoms with Crippen LogP contribution in [0, 0.1) is 18.6 Å². The molecule has 0 atom stereocenters. The van der Waals surface area contributed by atoms with Gasteiger partial charge in [0.1, 0.15) is 23.8 Å². The monoisotopic (exact) mass is 359 g/mol. The molecule has 0 amide bonds. The van der Waals surface area contributed by atoms with Crippen LogP contribution in [0.15, 0.2) is 36.5 Å². The predicted molar refractivity (Wildman–Crippen MR) is 93.7 cm³/mol. The molecule has 3 aromatic rings. The van der Waals surface area contributed by atoms with Crippen LogP contribution in [0.25, 0.3) is 10.9 Å². The number of halogens is 2.